The van der Waals surface area contributed by atoms with Crippen molar-refractivity contribution in [2.24, 2.45) is 0 Å². The average molecular weight is 290 g/mol. The highest BCUT2D eigenvalue weighted by molar-refractivity contribution is 6.72. The van der Waals surface area contributed by atoms with E-state index < -0.39 is 74.1 Å². The molecular formula is C5H15Al5O5. The lowest BCUT2D eigenvalue weighted by Gasteiger charge is -2.25. The number of hydrogen-bond acceptors (Lipinski definition) is 5. The molecule has 0 unspecified atom stereocenters. The standard InChI is InChI=1S/5CH3.5Al.5O/h5*1H3;;;;;;;;;;. The van der Waals surface area contributed by atoms with Gasteiger partial charge in [0.25, 0.3) is 0 Å². The lowest BCUT2D eigenvalue weighted by molar-refractivity contribution is 0.295. The van der Waals surface area contributed by atoms with Crippen LogP contribution in [0.2, 0.25) is 28.9 Å². The molecule has 10 heteroatoms. The summed E-state index contributed by atoms with van der Waals surface area (Å²) in [6, 6.07) is 0. The third-order valence-corrected chi connectivity index (χ3v) is 17.2. The maximum atomic E-state index is 5.76. The maximum absolute atomic E-state index is 5.76. The van der Waals surface area contributed by atoms with Crippen LogP contribution in [-0.4, -0.2) is 74.1 Å². The molecule has 15 heavy (non-hydrogen) atoms. The summed E-state index contributed by atoms with van der Waals surface area (Å²) in [7, 11) is 0. The Balaban J connectivity index is 2.55. The van der Waals surface area contributed by atoms with Crippen LogP contribution in [0.4, 0.5) is 0 Å². The van der Waals surface area contributed by atoms with Crippen molar-refractivity contribution in [1.82, 2.24) is 0 Å². The van der Waals surface area contributed by atoms with Gasteiger partial charge in [-0.25, -0.2) is 0 Å². The molecule has 0 bridgehead atoms. The molecule has 0 spiro atoms. The molecule has 0 aromatic rings. The van der Waals surface area contributed by atoms with Gasteiger partial charge in [0.05, 0.1) is 0 Å². The van der Waals surface area contributed by atoms with Gasteiger partial charge in [-0.2, -0.15) is 0 Å². The second-order valence-corrected chi connectivity index (χ2v) is 14.6. The van der Waals surface area contributed by atoms with E-state index in [1.54, 1.807) is 0 Å². The predicted molar refractivity (Wildman–Crippen MR) is 63.5 cm³/mol. The summed E-state index contributed by atoms with van der Waals surface area (Å²) < 4.78 is 28.8. The molecule has 0 N–H and O–H groups in total. The van der Waals surface area contributed by atoms with Gasteiger partial charge in [0.2, 0.25) is 0 Å². The minimum absolute atomic E-state index is 1.53. The van der Waals surface area contributed by atoms with Crippen LogP contribution in [0, 0.1) is 0 Å². The Morgan fingerprint density at radius 3 is 0.667 bits per heavy atom. The SMILES string of the molecule is [CH3][Al]1[O][Al]([CH3])[O][Al]([CH3])[O][Al]([CH3])[O][Al]([CH3])[O]1. The molecule has 5 nitrogen and oxygen atoms in total. The van der Waals surface area contributed by atoms with Crippen molar-refractivity contribution in [3.8, 4) is 0 Å². The molecule has 1 rings (SSSR count). The minimum Gasteiger partial charge on any atom is -0.594 e. The smallest absolute Gasteiger partial charge is 0.594 e. The van der Waals surface area contributed by atoms with E-state index in [9.17, 15) is 0 Å². The van der Waals surface area contributed by atoms with E-state index in [0.717, 1.165) is 0 Å². The van der Waals surface area contributed by atoms with Gasteiger partial charge in [-0.05, 0) is 0 Å². The van der Waals surface area contributed by atoms with Crippen LogP contribution in [0.3, 0.4) is 0 Å². The van der Waals surface area contributed by atoms with Crippen LogP contribution >= 0.6 is 0 Å². The largest absolute Gasteiger partial charge is 0.612 e. The summed E-state index contributed by atoms with van der Waals surface area (Å²) in [5.41, 5.74) is 0. The Labute approximate surface area is 116 Å². The summed E-state index contributed by atoms with van der Waals surface area (Å²) in [6.07, 6.45) is 0. The lowest BCUT2D eigenvalue weighted by atomic mass is 11.9. The van der Waals surface area contributed by atoms with E-state index in [-0.39, 0.29) is 0 Å². The molecule has 0 radical (unpaired) electrons. The molecule has 0 aromatic heterocycles. The van der Waals surface area contributed by atoms with Crippen molar-refractivity contribution in [2.45, 2.75) is 28.9 Å². The van der Waals surface area contributed by atoms with Crippen LogP contribution < -0.4 is 0 Å². The van der Waals surface area contributed by atoms with Crippen LogP contribution in [-0.2, 0) is 14.2 Å². The Morgan fingerprint density at radius 2 is 0.533 bits per heavy atom. The van der Waals surface area contributed by atoms with Crippen molar-refractivity contribution < 1.29 is 14.2 Å². The second kappa shape index (κ2) is 7.80. The monoisotopic (exact) mass is 290 g/mol. The van der Waals surface area contributed by atoms with E-state index in [1.165, 1.54) is 0 Å². The molecule has 0 atom stereocenters. The first-order valence-electron chi connectivity index (χ1n) is 5.24. The van der Waals surface area contributed by atoms with Gasteiger partial charge >= 0.3 is 74.1 Å². The van der Waals surface area contributed by atoms with Gasteiger partial charge in [0.1, 0.15) is 0 Å². The van der Waals surface area contributed by atoms with Crippen molar-refractivity contribution in [3.05, 3.63) is 0 Å². The fourth-order valence-corrected chi connectivity index (χ4v) is 16.5. The first-order valence-corrected chi connectivity index (χ1v) is 15.7. The third-order valence-electron chi connectivity index (χ3n) is 1.92. The van der Waals surface area contributed by atoms with Crippen molar-refractivity contribution >= 4 is 74.1 Å². The van der Waals surface area contributed by atoms with E-state index in [0.29, 0.717) is 0 Å². The van der Waals surface area contributed by atoms with Gasteiger partial charge in [0, 0.05) is 0 Å². The summed E-state index contributed by atoms with van der Waals surface area (Å²) in [5.74, 6) is 10.2. The van der Waals surface area contributed by atoms with Crippen LogP contribution in [0.5, 0.6) is 0 Å². The highest BCUT2D eigenvalue weighted by Gasteiger charge is 2.38. The maximum Gasteiger partial charge on any atom is 0.612 e. The molecule has 80 valence electrons. The normalized spacial score (nSPS) is 21.0. The Hall–Kier alpha value is 2.46. The van der Waals surface area contributed by atoms with Crippen molar-refractivity contribution in [2.75, 3.05) is 0 Å². The van der Waals surface area contributed by atoms with Gasteiger partial charge in [-0.3, -0.25) is 0 Å². The van der Waals surface area contributed by atoms with Gasteiger partial charge in [0.15, 0.2) is 0 Å². The van der Waals surface area contributed by atoms with E-state index in [2.05, 4.69) is 0 Å². The Bertz CT molecular complexity index is 140. The topological polar surface area (TPSA) is 46.2 Å². The van der Waals surface area contributed by atoms with E-state index in [4.69, 9.17) is 14.2 Å². The summed E-state index contributed by atoms with van der Waals surface area (Å²) >= 11 is -7.63. The fraction of sp³-hybridized carbons (Fsp3) is 1.00. The molecule has 1 heterocycles. The van der Waals surface area contributed by atoms with E-state index in [1.807, 2.05) is 28.9 Å². The lowest BCUT2D eigenvalue weighted by Crippen LogP contribution is -2.44. The Kier molecular flexibility index (Phi) is 8.07. The molecule has 1 aliphatic rings. The number of hydrogen-bond donors (Lipinski definition) is 0. The van der Waals surface area contributed by atoms with Crippen molar-refractivity contribution in [1.29, 1.82) is 0 Å². The molecule has 1 saturated heterocycles. The van der Waals surface area contributed by atoms with Gasteiger partial charge in [-0.15, -0.1) is 0 Å². The predicted octanol–water partition coefficient (Wildman–Crippen LogP) is 0.673. The first kappa shape index (κ1) is 15.5. The summed E-state index contributed by atoms with van der Waals surface area (Å²) in [6.45, 7) is 0. The zero-order valence-electron chi connectivity index (χ0n) is 9.93. The second-order valence-electron chi connectivity index (χ2n) is 3.52. The van der Waals surface area contributed by atoms with Crippen LogP contribution in [0.1, 0.15) is 0 Å². The Morgan fingerprint density at radius 1 is 0.400 bits per heavy atom. The molecule has 0 amide bonds. The van der Waals surface area contributed by atoms with Crippen LogP contribution in [0.25, 0.3) is 0 Å². The first-order chi connectivity index (χ1) is 6.97. The highest BCUT2D eigenvalue weighted by Crippen LogP contribution is 2.06. The zero-order chi connectivity index (χ0) is 11.4. The van der Waals surface area contributed by atoms with E-state index >= 15 is 0 Å². The number of rotatable bonds is 0. The summed E-state index contributed by atoms with van der Waals surface area (Å²) in [4.78, 5) is 0. The highest BCUT2D eigenvalue weighted by atomic mass is 27.4. The average Bonchev–Trinajstić information content (AvgIpc) is 1.98. The molecule has 0 aromatic carbocycles. The van der Waals surface area contributed by atoms with Crippen LogP contribution in [0.15, 0.2) is 0 Å². The van der Waals surface area contributed by atoms with Gasteiger partial charge in [-0.1, -0.05) is 28.9 Å². The fourth-order valence-electron chi connectivity index (χ4n) is 1.51. The molecular weight excluding hydrogens is 275 g/mol. The third kappa shape index (κ3) is 6.82. The molecule has 1 aliphatic heterocycles. The molecule has 0 aliphatic carbocycles. The zero-order valence-corrected chi connectivity index (χ0v) is 15.7. The molecule has 1 fully saturated rings. The van der Waals surface area contributed by atoms with Crippen molar-refractivity contribution in [3.63, 3.8) is 0 Å². The minimum atomic E-state index is -1.53. The van der Waals surface area contributed by atoms with Gasteiger partial charge < -0.3 is 14.2 Å². The summed E-state index contributed by atoms with van der Waals surface area (Å²) in [5, 5.41) is 0. The quantitative estimate of drug-likeness (QED) is 0.614. The molecule has 0 saturated carbocycles.